The molecule has 2 bridgehead atoms. The van der Waals surface area contributed by atoms with E-state index in [2.05, 4.69) is 42.5 Å². The van der Waals surface area contributed by atoms with Crippen LogP contribution >= 0.6 is 0 Å². The lowest BCUT2D eigenvalue weighted by Gasteiger charge is -2.28. The van der Waals surface area contributed by atoms with E-state index in [-0.39, 0.29) is 6.04 Å². The molecule has 0 radical (unpaired) electrons. The largest absolute Gasteiger partial charge is 0.324 e. The van der Waals surface area contributed by atoms with Crippen molar-refractivity contribution in [1.82, 2.24) is 0 Å². The van der Waals surface area contributed by atoms with Crippen LogP contribution in [0.2, 0.25) is 0 Å². The fourth-order valence-electron chi connectivity index (χ4n) is 4.40. The van der Waals surface area contributed by atoms with Gasteiger partial charge in [0.25, 0.3) is 0 Å². The minimum absolute atomic E-state index is 0.236. The second-order valence-electron chi connectivity index (χ2n) is 6.47. The van der Waals surface area contributed by atoms with Gasteiger partial charge in [0.2, 0.25) is 0 Å². The zero-order valence-electron chi connectivity index (χ0n) is 11.3. The Morgan fingerprint density at radius 2 is 1.79 bits per heavy atom. The van der Waals surface area contributed by atoms with Crippen molar-refractivity contribution >= 4 is 10.8 Å². The number of fused-ring (bicyclic) bond motifs is 3. The molecule has 2 aromatic carbocycles. The summed E-state index contributed by atoms with van der Waals surface area (Å²) in [5.74, 6) is 2.59. The maximum Gasteiger partial charge on any atom is 0.0326 e. The standard InChI is InChI=1S/C18H21N/c19-18(17-10-12-5-6-15(17)9-12)16-8-7-13-3-1-2-4-14(13)11-16/h1-4,7-8,11-12,15,17-18H,5-6,9-10,19H2. The lowest BCUT2D eigenvalue weighted by atomic mass is 9.80. The summed E-state index contributed by atoms with van der Waals surface area (Å²) in [6.45, 7) is 0. The lowest BCUT2D eigenvalue weighted by molar-refractivity contribution is 0.284. The molecule has 98 valence electrons. The van der Waals surface area contributed by atoms with E-state index >= 15 is 0 Å². The Hall–Kier alpha value is -1.34. The molecule has 1 nitrogen and oxygen atoms in total. The maximum absolute atomic E-state index is 6.58. The summed E-state index contributed by atoms with van der Waals surface area (Å²) in [4.78, 5) is 0. The van der Waals surface area contributed by atoms with Gasteiger partial charge in [-0.15, -0.1) is 0 Å². The van der Waals surface area contributed by atoms with Crippen molar-refractivity contribution in [2.45, 2.75) is 31.7 Å². The van der Waals surface area contributed by atoms with Gasteiger partial charge in [-0.3, -0.25) is 0 Å². The summed E-state index contributed by atoms with van der Waals surface area (Å²) in [7, 11) is 0. The number of hydrogen-bond acceptors (Lipinski definition) is 1. The average molecular weight is 251 g/mol. The van der Waals surface area contributed by atoms with Gasteiger partial charge in [-0.25, -0.2) is 0 Å². The highest BCUT2D eigenvalue weighted by Crippen LogP contribution is 2.52. The van der Waals surface area contributed by atoms with Crippen molar-refractivity contribution in [1.29, 1.82) is 0 Å². The Balaban J connectivity index is 1.66. The number of hydrogen-bond donors (Lipinski definition) is 1. The molecule has 4 rings (SSSR count). The molecule has 0 aromatic heterocycles. The molecular weight excluding hydrogens is 230 g/mol. The van der Waals surface area contributed by atoms with E-state index in [1.807, 2.05) is 0 Å². The minimum Gasteiger partial charge on any atom is -0.324 e. The molecule has 2 aromatic rings. The number of benzene rings is 2. The molecule has 19 heavy (non-hydrogen) atoms. The van der Waals surface area contributed by atoms with Crippen molar-refractivity contribution in [3.05, 3.63) is 48.0 Å². The average Bonchev–Trinajstić information content (AvgIpc) is 3.08. The van der Waals surface area contributed by atoms with E-state index in [1.165, 1.54) is 42.0 Å². The summed E-state index contributed by atoms with van der Waals surface area (Å²) in [5.41, 5.74) is 7.91. The topological polar surface area (TPSA) is 26.0 Å². The first-order chi connectivity index (χ1) is 9.31. The van der Waals surface area contributed by atoms with Gasteiger partial charge < -0.3 is 5.73 Å². The molecule has 0 heterocycles. The van der Waals surface area contributed by atoms with Crippen molar-refractivity contribution in [3.8, 4) is 0 Å². The molecule has 2 N–H and O–H groups in total. The Bertz CT molecular complexity index is 603. The zero-order chi connectivity index (χ0) is 12.8. The molecule has 4 unspecified atom stereocenters. The third kappa shape index (κ3) is 1.88. The van der Waals surface area contributed by atoms with E-state index in [9.17, 15) is 0 Å². The predicted octanol–water partition coefficient (Wildman–Crippen LogP) is 4.28. The molecule has 4 atom stereocenters. The summed E-state index contributed by atoms with van der Waals surface area (Å²) >= 11 is 0. The van der Waals surface area contributed by atoms with E-state index < -0.39 is 0 Å². The van der Waals surface area contributed by atoms with Crippen molar-refractivity contribution in [2.75, 3.05) is 0 Å². The van der Waals surface area contributed by atoms with Crippen LogP contribution in [-0.4, -0.2) is 0 Å². The monoisotopic (exact) mass is 251 g/mol. The minimum atomic E-state index is 0.236. The fraction of sp³-hybridized carbons (Fsp3) is 0.444. The van der Waals surface area contributed by atoms with Gasteiger partial charge in [-0.1, -0.05) is 42.8 Å². The van der Waals surface area contributed by atoms with Crippen LogP contribution in [0.25, 0.3) is 10.8 Å². The molecule has 2 aliphatic carbocycles. The SMILES string of the molecule is NC(c1ccc2ccccc2c1)C1CC2CCC1C2. The van der Waals surface area contributed by atoms with Crippen LogP contribution in [0.1, 0.15) is 37.3 Å². The van der Waals surface area contributed by atoms with Gasteiger partial charge in [0, 0.05) is 6.04 Å². The highest BCUT2D eigenvalue weighted by Gasteiger charge is 2.42. The zero-order valence-corrected chi connectivity index (χ0v) is 11.3. The first-order valence-electron chi connectivity index (χ1n) is 7.55. The number of nitrogens with two attached hydrogens (primary N) is 1. The van der Waals surface area contributed by atoms with Crippen LogP contribution in [0.4, 0.5) is 0 Å². The lowest BCUT2D eigenvalue weighted by Crippen LogP contribution is -2.25. The van der Waals surface area contributed by atoms with E-state index in [4.69, 9.17) is 5.73 Å². The maximum atomic E-state index is 6.58. The molecular formula is C18H21N. The quantitative estimate of drug-likeness (QED) is 0.847. The smallest absolute Gasteiger partial charge is 0.0326 e. The highest BCUT2D eigenvalue weighted by atomic mass is 14.7. The molecule has 2 fully saturated rings. The predicted molar refractivity (Wildman–Crippen MR) is 79.8 cm³/mol. The normalized spacial score (nSPS) is 30.9. The first kappa shape index (κ1) is 11.5. The summed E-state index contributed by atoms with van der Waals surface area (Å²) in [5, 5.41) is 2.63. The molecule has 2 aliphatic rings. The fourth-order valence-corrected chi connectivity index (χ4v) is 4.40. The van der Waals surface area contributed by atoms with Gasteiger partial charge in [-0.05, 0) is 59.4 Å². The molecule has 0 spiro atoms. The van der Waals surface area contributed by atoms with Crippen LogP contribution in [0, 0.1) is 17.8 Å². The van der Waals surface area contributed by atoms with Crippen LogP contribution in [0.5, 0.6) is 0 Å². The van der Waals surface area contributed by atoms with E-state index in [1.54, 1.807) is 0 Å². The Kier molecular flexibility index (Phi) is 2.63. The van der Waals surface area contributed by atoms with Crippen molar-refractivity contribution < 1.29 is 0 Å². The van der Waals surface area contributed by atoms with Gasteiger partial charge in [-0.2, -0.15) is 0 Å². The summed E-state index contributed by atoms with van der Waals surface area (Å²) in [6, 6.07) is 15.5. The molecule has 2 saturated carbocycles. The van der Waals surface area contributed by atoms with Crippen molar-refractivity contribution in [3.63, 3.8) is 0 Å². The van der Waals surface area contributed by atoms with Crippen molar-refractivity contribution in [2.24, 2.45) is 23.5 Å². The van der Waals surface area contributed by atoms with Crippen LogP contribution in [0.3, 0.4) is 0 Å². The first-order valence-corrected chi connectivity index (χ1v) is 7.55. The summed E-state index contributed by atoms with van der Waals surface area (Å²) in [6.07, 6.45) is 5.66. The molecule has 1 heteroatoms. The summed E-state index contributed by atoms with van der Waals surface area (Å²) < 4.78 is 0. The van der Waals surface area contributed by atoms with Gasteiger partial charge in [0.05, 0.1) is 0 Å². The van der Waals surface area contributed by atoms with E-state index in [0.717, 1.165) is 17.8 Å². The van der Waals surface area contributed by atoms with Crippen LogP contribution in [0.15, 0.2) is 42.5 Å². The third-order valence-electron chi connectivity index (χ3n) is 5.41. The third-order valence-corrected chi connectivity index (χ3v) is 5.41. The number of rotatable bonds is 2. The van der Waals surface area contributed by atoms with E-state index in [0.29, 0.717) is 0 Å². The Morgan fingerprint density at radius 3 is 2.53 bits per heavy atom. The van der Waals surface area contributed by atoms with Gasteiger partial charge >= 0.3 is 0 Å². The molecule has 0 saturated heterocycles. The van der Waals surface area contributed by atoms with Crippen LogP contribution < -0.4 is 5.73 Å². The second-order valence-corrected chi connectivity index (χ2v) is 6.47. The van der Waals surface area contributed by atoms with Crippen LogP contribution in [-0.2, 0) is 0 Å². The highest BCUT2D eigenvalue weighted by molar-refractivity contribution is 5.83. The molecule has 0 amide bonds. The second kappa shape index (κ2) is 4.35. The Morgan fingerprint density at radius 1 is 0.947 bits per heavy atom. The van der Waals surface area contributed by atoms with Gasteiger partial charge in [0.1, 0.15) is 0 Å². The Labute approximate surface area is 114 Å². The molecule has 0 aliphatic heterocycles. The van der Waals surface area contributed by atoms with Gasteiger partial charge in [0.15, 0.2) is 0 Å².